The molecule has 0 unspecified atom stereocenters. The van der Waals surface area contributed by atoms with Crippen molar-refractivity contribution in [3.8, 4) is 0 Å². The largest absolute Gasteiger partial charge is 0.325 e. The first kappa shape index (κ1) is 20.0. The number of hydrogen-bond acceptors (Lipinski definition) is 4. The van der Waals surface area contributed by atoms with Gasteiger partial charge in [0.25, 0.3) is 5.91 Å². The molecule has 0 atom stereocenters. The Balaban J connectivity index is 1.67. The van der Waals surface area contributed by atoms with E-state index in [1.807, 2.05) is 80.6 Å². The van der Waals surface area contributed by atoms with Crippen molar-refractivity contribution in [3.05, 3.63) is 82.3 Å². The number of nitrogens with one attached hydrogen (secondary N) is 1. The Labute approximate surface area is 174 Å². The summed E-state index contributed by atoms with van der Waals surface area (Å²) in [5.74, 6) is -0.519. The first-order chi connectivity index (χ1) is 13.4. The SMILES string of the molecule is CC(=C\c1ccccc1)/C=C1/SC(=S)N(CC(=O)Nc2cccc(C)c2)C1=O. The minimum absolute atomic E-state index is 0.0998. The van der Waals surface area contributed by atoms with Gasteiger partial charge in [0.1, 0.15) is 10.9 Å². The van der Waals surface area contributed by atoms with Crippen molar-refractivity contribution in [1.29, 1.82) is 0 Å². The summed E-state index contributed by atoms with van der Waals surface area (Å²) in [6, 6.07) is 17.4. The second-order valence-corrected chi connectivity index (χ2v) is 8.16. The zero-order valence-electron chi connectivity index (χ0n) is 15.6. The van der Waals surface area contributed by atoms with Gasteiger partial charge in [-0.3, -0.25) is 14.5 Å². The molecule has 0 saturated carbocycles. The standard InChI is InChI=1S/C22H20N2O2S2/c1-15-7-6-10-18(12-15)23-20(25)14-24-21(26)19(28-22(24)27)13-16(2)11-17-8-4-3-5-9-17/h3-13H,14H2,1-2H3,(H,23,25)/b16-11+,19-13+. The van der Waals surface area contributed by atoms with Crippen molar-refractivity contribution >= 4 is 51.9 Å². The summed E-state index contributed by atoms with van der Waals surface area (Å²) in [6.07, 6.45) is 3.81. The molecule has 2 aromatic carbocycles. The van der Waals surface area contributed by atoms with Crippen molar-refractivity contribution in [2.45, 2.75) is 13.8 Å². The van der Waals surface area contributed by atoms with Crippen molar-refractivity contribution in [2.75, 3.05) is 11.9 Å². The van der Waals surface area contributed by atoms with Crippen LogP contribution in [0.4, 0.5) is 5.69 Å². The smallest absolute Gasteiger partial charge is 0.266 e. The van der Waals surface area contributed by atoms with Gasteiger partial charge in [-0.25, -0.2) is 0 Å². The summed E-state index contributed by atoms with van der Waals surface area (Å²) < 4.78 is 0.392. The van der Waals surface area contributed by atoms with Crippen LogP contribution in [0.1, 0.15) is 18.1 Å². The Bertz CT molecular complexity index is 981. The van der Waals surface area contributed by atoms with Crippen molar-refractivity contribution in [3.63, 3.8) is 0 Å². The fourth-order valence-corrected chi connectivity index (χ4v) is 4.07. The molecule has 1 heterocycles. The number of carbonyl (C=O) groups excluding carboxylic acids is 2. The highest BCUT2D eigenvalue weighted by atomic mass is 32.2. The monoisotopic (exact) mass is 408 g/mol. The Morgan fingerprint density at radius 2 is 1.93 bits per heavy atom. The van der Waals surface area contributed by atoms with Crippen LogP contribution in [0.5, 0.6) is 0 Å². The third-order valence-electron chi connectivity index (χ3n) is 4.03. The van der Waals surface area contributed by atoms with Crippen molar-refractivity contribution in [1.82, 2.24) is 4.90 Å². The van der Waals surface area contributed by atoms with Gasteiger partial charge in [-0.2, -0.15) is 0 Å². The van der Waals surface area contributed by atoms with Crippen LogP contribution >= 0.6 is 24.0 Å². The van der Waals surface area contributed by atoms with E-state index in [1.165, 1.54) is 16.7 Å². The van der Waals surface area contributed by atoms with Crippen LogP contribution in [0.2, 0.25) is 0 Å². The fourth-order valence-electron chi connectivity index (χ4n) is 2.76. The molecule has 1 aliphatic heterocycles. The summed E-state index contributed by atoms with van der Waals surface area (Å²) in [5, 5.41) is 2.81. The van der Waals surface area contributed by atoms with Gasteiger partial charge in [-0.15, -0.1) is 0 Å². The number of amides is 2. The lowest BCUT2D eigenvalue weighted by Crippen LogP contribution is -2.36. The number of hydrogen-bond donors (Lipinski definition) is 1. The number of thioether (sulfide) groups is 1. The molecule has 3 rings (SSSR count). The Morgan fingerprint density at radius 3 is 2.64 bits per heavy atom. The first-order valence-electron chi connectivity index (χ1n) is 8.77. The minimum atomic E-state index is -0.278. The lowest BCUT2D eigenvalue weighted by molar-refractivity contribution is -0.126. The summed E-state index contributed by atoms with van der Waals surface area (Å²) in [7, 11) is 0. The summed E-state index contributed by atoms with van der Waals surface area (Å²) in [6.45, 7) is 3.79. The van der Waals surface area contributed by atoms with E-state index in [4.69, 9.17) is 12.2 Å². The molecular formula is C22H20N2O2S2. The third kappa shape index (κ3) is 5.18. The van der Waals surface area contributed by atoms with Crippen molar-refractivity contribution < 1.29 is 9.59 Å². The van der Waals surface area contributed by atoms with Gasteiger partial charge in [-0.1, -0.05) is 72.5 Å². The van der Waals surface area contributed by atoms with Crippen LogP contribution in [-0.2, 0) is 9.59 Å². The van der Waals surface area contributed by atoms with E-state index >= 15 is 0 Å². The van der Waals surface area contributed by atoms with E-state index in [1.54, 1.807) is 0 Å². The van der Waals surface area contributed by atoms with Crippen LogP contribution in [0.25, 0.3) is 6.08 Å². The topological polar surface area (TPSA) is 49.4 Å². The van der Waals surface area contributed by atoms with Gasteiger partial charge < -0.3 is 5.32 Å². The van der Waals surface area contributed by atoms with Crippen LogP contribution in [0, 0.1) is 6.92 Å². The van der Waals surface area contributed by atoms with E-state index in [9.17, 15) is 9.59 Å². The number of carbonyl (C=O) groups is 2. The lowest BCUT2D eigenvalue weighted by atomic mass is 10.1. The number of allylic oxidation sites excluding steroid dienone is 2. The Kier molecular flexibility index (Phi) is 6.44. The van der Waals surface area contributed by atoms with Crippen LogP contribution in [0.3, 0.4) is 0 Å². The molecule has 4 nitrogen and oxygen atoms in total. The average Bonchev–Trinajstić information content (AvgIpc) is 2.90. The molecule has 1 saturated heterocycles. The van der Waals surface area contributed by atoms with E-state index in [2.05, 4.69) is 5.32 Å². The van der Waals surface area contributed by atoms with Crippen LogP contribution in [0.15, 0.2) is 71.2 Å². The van der Waals surface area contributed by atoms with E-state index < -0.39 is 0 Å². The quantitative estimate of drug-likeness (QED) is 0.571. The molecule has 1 N–H and O–H groups in total. The summed E-state index contributed by atoms with van der Waals surface area (Å²) in [5.41, 5.74) is 3.75. The third-order valence-corrected chi connectivity index (χ3v) is 5.41. The first-order valence-corrected chi connectivity index (χ1v) is 10.00. The summed E-state index contributed by atoms with van der Waals surface area (Å²) >= 11 is 6.53. The van der Waals surface area contributed by atoms with Gasteiger partial charge in [0, 0.05) is 5.69 Å². The average molecular weight is 409 g/mol. The molecule has 28 heavy (non-hydrogen) atoms. The van der Waals surface area contributed by atoms with Gasteiger partial charge in [0.15, 0.2) is 0 Å². The molecule has 1 aliphatic rings. The number of aryl methyl sites for hydroxylation is 1. The molecule has 2 aromatic rings. The van der Waals surface area contributed by atoms with Crippen LogP contribution < -0.4 is 5.32 Å². The molecule has 142 valence electrons. The Morgan fingerprint density at radius 1 is 1.18 bits per heavy atom. The number of nitrogens with zero attached hydrogens (tertiary/aromatic N) is 1. The molecule has 0 bridgehead atoms. The zero-order valence-corrected chi connectivity index (χ0v) is 17.3. The van der Waals surface area contributed by atoms with E-state index in [0.29, 0.717) is 14.9 Å². The maximum absolute atomic E-state index is 12.7. The van der Waals surface area contributed by atoms with Gasteiger partial charge in [0.05, 0.1) is 4.91 Å². The number of rotatable bonds is 5. The zero-order chi connectivity index (χ0) is 20.1. The van der Waals surface area contributed by atoms with Gasteiger partial charge in [-0.05, 0) is 48.8 Å². The Hall–Kier alpha value is -2.70. The fraction of sp³-hybridized carbons (Fsp3) is 0.136. The number of benzene rings is 2. The number of thiocarbonyl (C=S) groups is 1. The molecule has 0 radical (unpaired) electrons. The minimum Gasteiger partial charge on any atom is -0.325 e. The van der Waals surface area contributed by atoms with E-state index in [0.717, 1.165) is 16.7 Å². The molecule has 6 heteroatoms. The van der Waals surface area contributed by atoms with Crippen LogP contribution in [-0.4, -0.2) is 27.6 Å². The lowest BCUT2D eigenvalue weighted by Gasteiger charge is -2.14. The second kappa shape index (κ2) is 8.99. The maximum atomic E-state index is 12.7. The highest BCUT2D eigenvalue weighted by Gasteiger charge is 2.33. The van der Waals surface area contributed by atoms with E-state index in [-0.39, 0.29) is 18.4 Å². The normalized spacial score (nSPS) is 16.0. The molecule has 2 amide bonds. The predicted octanol–water partition coefficient (Wildman–Crippen LogP) is 4.78. The molecule has 1 fully saturated rings. The molecule has 0 aromatic heterocycles. The van der Waals surface area contributed by atoms with Crippen molar-refractivity contribution in [2.24, 2.45) is 0 Å². The molecule has 0 spiro atoms. The highest BCUT2D eigenvalue weighted by molar-refractivity contribution is 8.26. The summed E-state index contributed by atoms with van der Waals surface area (Å²) in [4.78, 5) is 26.9. The van der Waals surface area contributed by atoms with Gasteiger partial charge >= 0.3 is 0 Å². The predicted molar refractivity (Wildman–Crippen MR) is 120 cm³/mol. The maximum Gasteiger partial charge on any atom is 0.266 e. The molecular weight excluding hydrogens is 388 g/mol. The number of anilines is 1. The molecule has 0 aliphatic carbocycles. The second-order valence-electron chi connectivity index (χ2n) is 6.48. The highest BCUT2D eigenvalue weighted by Crippen LogP contribution is 2.32. The van der Waals surface area contributed by atoms with Gasteiger partial charge in [0.2, 0.25) is 5.91 Å².